The van der Waals surface area contributed by atoms with Crippen molar-refractivity contribution < 1.29 is 0 Å². The lowest BCUT2D eigenvalue weighted by molar-refractivity contribution is 0.481. The summed E-state index contributed by atoms with van der Waals surface area (Å²) >= 11 is 4.02. The van der Waals surface area contributed by atoms with E-state index in [2.05, 4.69) is 37.8 Å². The van der Waals surface area contributed by atoms with Crippen LogP contribution >= 0.6 is 23.1 Å². The van der Waals surface area contributed by atoms with E-state index in [1.807, 2.05) is 11.3 Å². The number of hydrogen-bond donors (Lipinski definition) is 1. The average molecular weight is 284 g/mol. The van der Waals surface area contributed by atoms with Crippen LogP contribution in [0, 0.1) is 13.8 Å². The SMILES string of the molecule is CCCNC(Cc1nc(C)c(C)s1)C1CCCS1. The summed E-state index contributed by atoms with van der Waals surface area (Å²) in [5.41, 5.74) is 1.21. The maximum Gasteiger partial charge on any atom is 0.0946 e. The Balaban J connectivity index is 1.99. The molecule has 0 saturated carbocycles. The maximum absolute atomic E-state index is 4.70. The van der Waals surface area contributed by atoms with Crippen LogP contribution in [0.25, 0.3) is 0 Å². The van der Waals surface area contributed by atoms with Crippen molar-refractivity contribution in [3.8, 4) is 0 Å². The van der Waals surface area contributed by atoms with E-state index in [0.717, 1.165) is 18.2 Å². The molecule has 0 aliphatic carbocycles. The average Bonchev–Trinajstić information content (AvgIpc) is 2.96. The molecule has 1 aliphatic heterocycles. The van der Waals surface area contributed by atoms with Gasteiger partial charge in [-0.05, 0) is 45.4 Å². The number of nitrogens with zero attached hydrogens (tertiary/aromatic N) is 1. The first-order valence-electron chi connectivity index (χ1n) is 6.98. The first-order valence-corrected chi connectivity index (χ1v) is 8.85. The fraction of sp³-hybridized carbons (Fsp3) is 0.786. The summed E-state index contributed by atoms with van der Waals surface area (Å²) in [6, 6.07) is 0.613. The number of aromatic nitrogens is 1. The summed E-state index contributed by atoms with van der Waals surface area (Å²) in [6.07, 6.45) is 5.08. The van der Waals surface area contributed by atoms with Gasteiger partial charge in [0.25, 0.3) is 0 Å². The fourth-order valence-electron chi connectivity index (χ4n) is 2.40. The van der Waals surface area contributed by atoms with E-state index in [1.165, 1.54) is 40.6 Å². The number of nitrogens with one attached hydrogen (secondary N) is 1. The van der Waals surface area contributed by atoms with E-state index in [1.54, 1.807) is 0 Å². The standard InChI is InChI=1S/C14H24N2S2/c1-4-7-15-12(13-6-5-8-17-13)9-14-16-10(2)11(3)18-14/h12-13,15H,4-9H2,1-3H3. The molecule has 1 aromatic rings. The van der Waals surface area contributed by atoms with Crippen LogP contribution in [0.15, 0.2) is 0 Å². The lowest BCUT2D eigenvalue weighted by Crippen LogP contribution is -2.39. The zero-order chi connectivity index (χ0) is 13.0. The van der Waals surface area contributed by atoms with Gasteiger partial charge < -0.3 is 5.32 Å². The Morgan fingerprint density at radius 2 is 2.28 bits per heavy atom. The minimum absolute atomic E-state index is 0.613. The summed E-state index contributed by atoms with van der Waals surface area (Å²) < 4.78 is 0. The summed E-state index contributed by atoms with van der Waals surface area (Å²) in [7, 11) is 0. The highest BCUT2D eigenvalue weighted by Crippen LogP contribution is 2.31. The number of thioether (sulfide) groups is 1. The van der Waals surface area contributed by atoms with Crippen LogP contribution in [0.3, 0.4) is 0 Å². The molecule has 102 valence electrons. The predicted octanol–water partition coefficient (Wildman–Crippen LogP) is 3.57. The Bertz CT molecular complexity index is 350. The Morgan fingerprint density at radius 3 is 2.83 bits per heavy atom. The van der Waals surface area contributed by atoms with E-state index in [4.69, 9.17) is 4.98 Å². The van der Waals surface area contributed by atoms with Crippen LogP contribution in [-0.4, -0.2) is 28.6 Å². The van der Waals surface area contributed by atoms with Crippen LogP contribution in [0.5, 0.6) is 0 Å². The normalized spacial score (nSPS) is 21.4. The van der Waals surface area contributed by atoms with Crippen molar-refractivity contribution in [2.45, 2.75) is 57.7 Å². The highest BCUT2D eigenvalue weighted by Gasteiger charge is 2.26. The van der Waals surface area contributed by atoms with Crippen LogP contribution in [0.4, 0.5) is 0 Å². The fourth-order valence-corrected chi connectivity index (χ4v) is 4.79. The molecule has 1 saturated heterocycles. The monoisotopic (exact) mass is 284 g/mol. The van der Waals surface area contributed by atoms with Crippen LogP contribution < -0.4 is 5.32 Å². The van der Waals surface area contributed by atoms with E-state index in [-0.39, 0.29) is 0 Å². The molecule has 1 aliphatic rings. The molecule has 18 heavy (non-hydrogen) atoms. The molecule has 0 amide bonds. The van der Waals surface area contributed by atoms with E-state index < -0.39 is 0 Å². The number of thiazole rings is 1. The second kappa shape index (κ2) is 6.92. The zero-order valence-electron chi connectivity index (χ0n) is 11.7. The maximum atomic E-state index is 4.70. The number of hydrogen-bond acceptors (Lipinski definition) is 4. The van der Waals surface area contributed by atoms with Crippen molar-refractivity contribution in [2.75, 3.05) is 12.3 Å². The van der Waals surface area contributed by atoms with Crippen LogP contribution in [0.1, 0.15) is 41.8 Å². The molecule has 4 heteroatoms. The molecule has 2 nitrogen and oxygen atoms in total. The Labute approximate surface area is 119 Å². The van der Waals surface area contributed by atoms with Gasteiger partial charge in [0.05, 0.1) is 10.7 Å². The topological polar surface area (TPSA) is 24.9 Å². The first-order chi connectivity index (χ1) is 8.70. The van der Waals surface area contributed by atoms with Crippen molar-refractivity contribution >= 4 is 23.1 Å². The molecule has 2 heterocycles. The molecule has 0 aromatic carbocycles. The molecule has 0 spiro atoms. The minimum atomic E-state index is 0.613. The first kappa shape index (κ1) is 14.4. The van der Waals surface area contributed by atoms with Gasteiger partial charge in [-0.15, -0.1) is 11.3 Å². The molecule has 1 fully saturated rings. The third kappa shape index (κ3) is 3.72. The van der Waals surface area contributed by atoms with Crippen molar-refractivity contribution in [1.82, 2.24) is 10.3 Å². The van der Waals surface area contributed by atoms with E-state index in [0.29, 0.717) is 6.04 Å². The van der Waals surface area contributed by atoms with Gasteiger partial charge in [0.2, 0.25) is 0 Å². The van der Waals surface area contributed by atoms with Gasteiger partial charge >= 0.3 is 0 Å². The number of aryl methyl sites for hydroxylation is 2. The van der Waals surface area contributed by atoms with Gasteiger partial charge in [-0.25, -0.2) is 4.98 Å². The molecule has 0 bridgehead atoms. The largest absolute Gasteiger partial charge is 0.312 e. The summed E-state index contributed by atoms with van der Waals surface area (Å²) in [5, 5.41) is 5.84. The van der Waals surface area contributed by atoms with Gasteiger partial charge in [0, 0.05) is 22.6 Å². The van der Waals surface area contributed by atoms with Gasteiger partial charge in [-0.3, -0.25) is 0 Å². The lowest BCUT2D eigenvalue weighted by Gasteiger charge is -2.23. The van der Waals surface area contributed by atoms with Gasteiger partial charge in [0.15, 0.2) is 0 Å². The summed E-state index contributed by atoms with van der Waals surface area (Å²) in [4.78, 5) is 6.07. The Morgan fingerprint density at radius 1 is 1.44 bits per heavy atom. The predicted molar refractivity (Wildman–Crippen MR) is 82.9 cm³/mol. The third-order valence-corrected chi connectivity index (χ3v) is 6.15. The molecular weight excluding hydrogens is 260 g/mol. The molecule has 1 aromatic heterocycles. The summed E-state index contributed by atoms with van der Waals surface area (Å²) in [5.74, 6) is 1.34. The number of rotatable bonds is 6. The van der Waals surface area contributed by atoms with Crippen LogP contribution in [0.2, 0.25) is 0 Å². The highest BCUT2D eigenvalue weighted by atomic mass is 32.2. The molecule has 2 unspecified atom stereocenters. The van der Waals surface area contributed by atoms with Crippen molar-refractivity contribution in [3.63, 3.8) is 0 Å². The van der Waals surface area contributed by atoms with Crippen molar-refractivity contribution in [2.24, 2.45) is 0 Å². The quantitative estimate of drug-likeness (QED) is 0.864. The zero-order valence-corrected chi connectivity index (χ0v) is 13.3. The van der Waals surface area contributed by atoms with Gasteiger partial charge in [0.1, 0.15) is 0 Å². The summed E-state index contributed by atoms with van der Waals surface area (Å²) in [6.45, 7) is 7.66. The highest BCUT2D eigenvalue weighted by molar-refractivity contribution is 8.00. The smallest absolute Gasteiger partial charge is 0.0946 e. The molecule has 2 atom stereocenters. The Kier molecular flexibility index (Phi) is 5.52. The van der Waals surface area contributed by atoms with Crippen molar-refractivity contribution in [1.29, 1.82) is 0 Å². The van der Waals surface area contributed by atoms with Crippen molar-refractivity contribution in [3.05, 3.63) is 15.6 Å². The second-order valence-electron chi connectivity index (χ2n) is 5.07. The lowest BCUT2D eigenvalue weighted by atomic mass is 10.1. The molecule has 0 radical (unpaired) electrons. The third-order valence-electron chi connectivity index (χ3n) is 3.54. The molecule has 1 N–H and O–H groups in total. The van der Waals surface area contributed by atoms with E-state index >= 15 is 0 Å². The Hall–Kier alpha value is -0.0600. The minimum Gasteiger partial charge on any atom is -0.312 e. The van der Waals surface area contributed by atoms with E-state index in [9.17, 15) is 0 Å². The molecular formula is C14H24N2S2. The van der Waals surface area contributed by atoms with Gasteiger partial charge in [-0.1, -0.05) is 6.92 Å². The van der Waals surface area contributed by atoms with Gasteiger partial charge in [-0.2, -0.15) is 11.8 Å². The van der Waals surface area contributed by atoms with Crippen LogP contribution in [-0.2, 0) is 6.42 Å². The second-order valence-corrected chi connectivity index (χ2v) is 7.70. The molecule has 2 rings (SSSR count).